The van der Waals surface area contributed by atoms with E-state index in [0.29, 0.717) is 64.5 Å². The van der Waals surface area contributed by atoms with Gasteiger partial charge in [0.25, 0.3) is 0 Å². The third-order valence-electron chi connectivity index (χ3n) is 5.16. The zero-order valence-corrected chi connectivity index (χ0v) is 19.3. The van der Waals surface area contributed by atoms with Gasteiger partial charge in [0.05, 0.1) is 16.3 Å². The minimum Gasteiger partial charge on any atom is -0.445 e. The Morgan fingerprint density at radius 2 is 1.81 bits per heavy atom. The number of benzene rings is 2. The fraction of sp³-hybridized carbons (Fsp3) is 0.333. The normalized spacial score (nSPS) is 15.8. The van der Waals surface area contributed by atoms with Crippen molar-refractivity contribution in [3.8, 4) is 0 Å². The van der Waals surface area contributed by atoms with Crippen molar-refractivity contribution in [3.05, 3.63) is 62.6 Å². The molecule has 0 spiro atoms. The van der Waals surface area contributed by atoms with Crippen molar-refractivity contribution in [2.75, 3.05) is 38.5 Å². The predicted octanol–water partition coefficient (Wildman–Crippen LogP) is 3.49. The Morgan fingerprint density at radius 3 is 2.53 bits per heavy atom. The van der Waals surface area contributed by atoms with Crippen molar-refractivity contribution < 1.29 is 18.2 Å². The van der Waals surface area contributed by atoms with Crippen molar-refractivity contribution in [2.24, 2.45) is 0 Å². The average molecular weight is 498 g/mol. The Morgan fingerprint density at radius 1 is 1.09 bits per heavy atom. The second kappa shape index (κ2) is 10.1. The molecule has 1 atom stereocenters. The molecule has 0 saturated carbocycles. The van der Waals surface area contributed by atoms with Gasteiger partial charge in [0.2, 0.25) is 0 Å². The van der Waals surface area contributed by atoms with E-state index in [1.807, 2.05) is 0 Å². The van der Waals surface area contributed by atoms with Gasteiger partial charge in [-0.25, -0.2) is 9.59 Å². The number of oxazole rings is 1. The quantitative estimate of drug-likeness (QED) is 0.559. The second-order valence-electron chi connectivity index (χ2n) is 7.38. The van der Waals surface area contributed by atoms with Crippen molar-refractivity contribution >= 4 is 51.2 Å². The summed E-state index contributed by atoms with van der Waals surface area (Å²) in [7, 11) is -1.22. The summed E-state index contributed by atoms with van der Waals surface area (Å²) in [6, 6.07) is 10.1. The number of nitrogens with one attached hydrogen (secondary N) is 1. The summed E-state index contributed by atoms with van der Waals surface area (Å²) < 4.78 is 23.0. The standard InChI is InChI=1S/C21H21Cl2N3O5S/c22-15-9-14(10-16(23)11-15)13-30-21(28)26-5-3-25(4-6-26)7-8-32(29)17-1-2-18-19(12-17)31-20(27)24-18/h1-2,9-12H,3-8,13H2,(H,24,27)/t32-/m0/s1. The first kappa shape index (κ1) is 22.8. The van der Waals surface area contributed by atoms with E-state index in [1.165, 1.54) is 0 Å². The molecule has 0 unspecified atom stereocenters. The molecule has 3 aromatic rings. The summed E-state index contributed by atoms with van der Waals surface area (Å²) in [6.07, 6.45) is -0.384. The van der Waals surface area contributed by atoms with E-state index in [1.54, 1.807) is 41.3 Å². The number of carbonyl (C=O) groups is 1. The maximum absolute atomic E-state index is 12.6. The molecule has 8 nitrogen and oxygen atoms in total. The lowest BCUT2D eigenvalue weighted by atomic mass is 10.2. The predicted molar refractivity (Wildman–Crippen MR) is 123 cm³/mol. The number of carbonyl (C=O) groups excluding carboxylic acids is 1. The SMILES string of the molecule is O=C(OCc1cc(Cl)cc(Cl)c1)N1CCN(CC[S@](=O)c2ccc3[nH]c(=O)oc3c2)CC1. The van der Waals surface area contributed by atoms with E-state index in [-0.39, 0.29) is 12.7 Å². The molecule has 1 aliphatic rings. The molecule has 32 heavy (non-hydrogen) atoms. The van der Waals surface area contributed by atoms with E-state index < -0.39 is 16.6 Å². The van der Waals surface area contributed by atoms with Crippen LogP contribution in [0, 0.1) is 0 Å². The zero-order valence-electron chi connectivity index (χ0n) is 17.0. The summed E-state index contributed by atoms with van der Waals surface area (Å²) in [4.78, 5) is 30.6. The summed E-state index contributed by atoms with van der Waals surface area (Å²) in [6.45, 7) is 3.13. The first-order valence-electron chi connectivity index (χ1n) is 9.98. The van der Waals surface area contributed by atoms with Gasteiger partial charge in [-0.15, -0.1) is 0 Å². The lowest BCUT2D eigenvalue weighted by Gasteiger charge is -2.33. The fourth-order valence-corrected chi connectivity index (χ4v) is 5.17. The maximum Gasteiger partial charge on any atom is 0.417 e. The molecule has 0 radical (unpaired) electrons. The molecule has 1 amide bonds. The minimum atomic E-state index is -1.22. The molecular weight excluding hydrogens is 477 g/mol. The van der Waals surface area contributed by atoms with Crippen LogP contribution in [0.4, 0.5) is 4.79 Å². The van der Waals surface area contributed by atoms with Crippen LogP contribution in [0.2, 0.25) is 10.0 Å². The fourth-order valence-electron chi connectivity index (χ4n) is 3.48. The van der Waals surface area contributed by atoms with Gasteiger partial charge >= 0.3 is 11.8 Å². The van der Waals surface area contributed by atoms with Gasteiger partial charge in [0.1, 0.15) is 6.61 Å². The van der Waals surface area contributed by atoms with Crippen LogP contribution in [0.5, 0.6) is 0 Å². The molecule has 170 valence electrons. The van der Waals surface area contributed by atoms with Gasteiger partial charge in [-0.2, -0.15) is 0 Å². The molecule has 1 aliphatic heterocycles. The van der Waals surface area contributed by atoms with Crippen LogP contribution in [0.3, 0.4) is 0 Å². The molecule has 2 heterocycles. The smallest absolute Gasteiger partial charge is 0.417 e. The highest BCUT2D eigenvalue weighted by Crippen LogP contribution is 2.20. The highest BCUT2D eigenvalue weighted by Gasteiger charge is 2.22. The number of nitrogens with zero attached hydrogens (tertiary/aromatic N) is 2. The number of rotatable bonds is 6. The van der Waals surface area contributed by atoms with E-state index in [2.05, 4.69) is 9.88 Å². The third-order valence-corrected chi connectivity index (χ3v) is 6.93. The van der Waals surface area contributed by atoms with Crippen molar-refractivity contribution in [3.63, 3.8) is 0 Å². The van der Waals surface area contributed by atoms with Crippen LogP contribution >= 0.6 is 23.2 Å². The number of halogens is 2. The van der Waals surface area contributed by atoms with Crippen LogP contribution in [0.15, 0.2) is 50.5 Å². The number of ether oxygens (including phenoxy) is 1. The topological polar surface area (TPSA) is 95.9 Å². The number of aromatic amines is 1. The molecule has 11 heteroatoms. The number of hydrogen-bond donors (Lipinski definition) is 1. The zero-order chi connectivity index (χ0) is 22.7. The number of fused-ring (bicyclic) bond motifs is 1. The Balaban J connectivity index is 1.22. The average Bonchev–Trinajstić information content (AvgIpc) is 3.14. The molecular formula is C21H21Cl2N3O5S. The van der Waals surface area contributed by atoms with E-state index >= 15 is 0 Å². The van der Waals surface area contributed by atoms with Crippen molar-refractivity contribution in [2.45, 2.75) is 11.5 Å². The molecule has 1 saturated heterocycles. The summed E-state index contributed by atoms with van der Waals surface area (Å²) >= 11 is 11.9. The van der Waals surface area contributed by atoms with Crippen LogP contribution < -0.4 is 5.76 Å². The lowest BCUT2D eigenvalue weighted by molar-refractivity contribution is 0.0730. The van der Waals surface area contributed by atoms with Gasteiger partial charge in [0.15, 0.2) is 5.58 Å². The molecule has 0 aliphatic carbocycles. The van der Waals surface area contributed by atoms with Gasteiger partial charge in [-0.1, -0.05) is 23.2 Å². The van der Waals surface area contributed by atoms with E-state index in [9.17, 15) is 13.8 Å². The molecule has 1 fully saturated rings. The Labute approximate surface area is 196 Å². The van der Waals surface area contributed by atoms with E-state index in [0.717, 1.165) is 5.56 Å². The molecule has 0 bridgehead atoms. The van der Waals surface area contributed by atoms with Crippen molar-refractivity contribution in [1.29, 1.82) is 0 Å². The number of piperazine rings is 1. The lowest BCUT2D eigenvalue weighted by Crippen LogP contribution is -2.49. The van der Waals surface area contributed by atoms with Gasteiger partial charge < -0.3 is 14.1 Å². The van der Waals surface area contributed by atoms with Crippen molar-refractivity contribution in [1.82, 2.24) is 14.8 Å². The van der Waals surface area contributed by atoms with Gasteiger partial charge in [-0.3, -0.25) is 14.1 Å². The number of aromatic nitrogens is 1. The maximum atomic E-state index is 12.6. The first-order chi connectivity index (χ1) is 15.4. The number of hydrogen-bond acceptors (Lipinski definition) is 6. The monoisotopic (exact) mass is 497 g/mol. The summed E-state index contributed by atoms with van der Waals surface area (Å²) in [5.41, 5.74) is 1.71. The minimum absolute atomic E-state index is 0.101. The highest BCUT2D eigenvalue weighted by molar-refractivity contribution is 7.85. The first-order valence-corrected chi connectivity index (χ1v) is 12.0. The Kier molecular flexibility index (Phi) is 7.20. The summed E-state index contributed by atoms with van der Waals surface area (Å²) in [5.74, 6) is -0.0872. The highest BCUT2D eigenvalue weighted by atomic mass is 35.5. The molecule has 1 aromatic heterocycles. The van der Waals surface area contributed by atoms with Gasteiger partial charge in [0, 0.05) is 53.4 Å². The second-order valence-corrected chi connectivity index (χ2v) is 9.83. The molecule has 2 aromatic carbocycles. The molecule has 1 N–H and O–H groups in total. The molecule has 4 rings (SSSR count). The van der Waals surface area contributed by atoms with Crippen LogP contribution in [-0.2, 0) is 22.1 Å². The van der Waals surface area contributed by atoms with Gasteiger partial charge in [-0.05, 0) is 42.0 Å². The summed E-state index contributed by atoms with van der Waals surface area (Å²) in [5, 5.41) is 0.985. The van der Waals surface area contributed by atoms with E-state index in [4.69, 9.17) is 32.4 Å². The van der Waals surface area contributed by atoms with Crippen LogP contribution in [-0.4, -0.2) is 63.6 Å². The largest absolute Gasteiger partial charge is 0.445 e. The third kappa shape index (κ3) is 5.72. The Bertz CT molecular complexity index is 1180. The van der Waals surface area contributed by atoms with Crippen LogP contribution in [0.25, 0.3) is 11.1 Å². The Hall–Kier alpha value is -2.33. The van der Waals surface area contributed by atoms with Crippen LogP contribution in [0.1, 0.15) is 5.56 Å². The number of amides is 1. The number of H-pyrrole nitrogens is 1.